The minimum Gasteiger partial charge on any atom is -0.306 e. The molecule has 0 aromatic rings. The number of nitrogens with one attached hydrogen (secondary N) is 1. The van der Waals surface area contributed by atoms with E-state index in [0.717, 1.165) is 18.8 Å². The molecule has 60 valence electrons. The zero-order chi connectivity index (χ0) is 8.13. The van der Waals surface area contributed by atoms with E-state index in [1.165, 1.54) is 11.3 Å². The van der Waals surface area contributed by atoms with Crippen molar-refractivity contribution in [1.29, 1.82) is 5.41 Å². The van der Waals surface area contributed by atoms with Crippen molar-refractivity contribution in [3.05, 3.63) is 24.4 Å². The van der Waals surface area contributed by atoms with Crippen LogP contribution in [0.3, 0.4) is 0 Å². The summed E-state index contributed by atoms with van der Waals surface area (Å²) in [7, 11) is 0. The van der Waals surface area contributed by atoms with Crippen molar-refractivity contribution < 1.29 is 0 Å². The molecular formula is C9H9N3. The van der Waals surface area contributed by atoms with E-state index in [-0.39, 0.29) is 0 Å². The summed E-state index contributed by atoms with van der Waals surface area (Å²) in [5, 5.41) is 7.54. The quantitative estimate of drug-likeness (QED) is 0.603. The van der Waals surface area contributed by atoms with Crippen LogP contribution in [-0.4, -0.2) is 15.1 Å². The molecule has 0 bridgehead atoms. The fourth-order valence-electron chi connectivity index (χ4n) is 1.87. The molecule has 1 N–H and O–H groups in total. The van der Waals surface area contributed by atoms with Crippen LogP contribution in [-0.2, 0) is 13.1 Å². The van der Waals surface area contributed by atoms with E-state index < -0.39 is 0 Å². The predicted octanol–water partition coefficient (Wildman–Crippen LogP) is 1.43. The summed E-state index contributed by atoms with van der Waals surface area (Å²) in [6.45, 7) is 1.52. The first-order chi connectivity index (χ1) is 5.84. The summed E-state index contributed by atoms with van der Waals surface area (Å²) in [5.41, 5.74) is 3.32. The van der Waals surface area contributed by atoms with Crippen LogP contribution in [0.2, 0.25) is 0 Å². The predicted molar refractivity (Wildman–Crippen MR) is 46.8 cm³/mol. The van der Waals surface area contributed by atoms with Crippen LogP contribution in [0.5, 0.6) is 0 Å². The van der Waals surface area contributed by atoms with E-state index in [4.69, 9.17) is 5.41 Å². The molecule has 0 aromatic heterocycles. The normalized spacial score (nSPS) is 15.8. The fraction of sp³-hybridized carbons (Fsp3) is 0.222. The summed E-state index contributed by atoms with van der Waals surface area (Å²) in [6.07, 6.45) is 2.11. The molecule has 0 spiro atoms. The Balaban J connectivity index is 2.31. The topological polar surface area (TPSA) is 33.7 Å². The Morgan fingerprint density at radius 1 is 1.25 bits per heavy atom. The van der Waals surface area contributed by atoms with Gasteiger partial charge in [0.25, 0.3) is 0 Å². The Bertz CT molecular complexity index is 421. The first-order valence-corrected chi connectivity index (χ1v) is 4.05. The molecule has 3 aliphatic rings. The van der Waals surface area contributed by atoms with Gasteiger partial charge in [-0.2, -0.15) is 0 Å². The summed E-state index contributed by atoms with van der Waals surface area (Å²) in [6, 6.07) is 6.27. The second kappa shape index (κ2) is 1.80. The van der Waals surface area contributed by atoms with Crippen LogP contribution in [0.1, 0.15) is 0 Å². The van der Waals surface area contributed by atoms with E-state index in [0.29, 0.717) is 0 Å². The molecule has 1 aliphatic carbocycles. The van der Waals surface area contributed by atoms with Gasteiger partial charge < -0.3 is 5.41 Å². The molecule has 2 aliphatic heterocycles. The summed E-state index contributed by atoms with van der Waals surface area (Å²) < 4.78 is 4.25. The van der Waals surface area contributed by atoms with Crippen LogP contribution in [0.4, 0.5) is 0 Å². The van der Waals surface area contributed by atoms with Crippen LogP contribution in [0.25, 0.3) is 11.3 Å². The maximum atomic E-state index is 7.54. The van der Waals surface area contributed by atoms with Crippen LogP contribution < -0.4 is 0 Å². The molecule has 0 unspecified atom stereocenters. The number of aromatic nitrogens is 2. The molecule has 12 heavy (non-hydrogen) atoms. The average Bonchev–Trinajstić information content (AvgIpc) is 2.59. The van der Waals surface area contributed by atoms with E-state index in [1.807, 2.05) is 0 Å². The van der Waals surface area contributed by atoms with Gasteiger partial charge in [-0.3, -0.25) is 9.36 Å². The lowest BCUT2D eigenvalue weighted by Gasteiger charge is -1.98. The highest BCUT2D eigenvalue weighted by Gasteiger charge is 2.19. The van der Waals surface area contributed by atoms with Crippen molar-refractivity contribution in [2.75, 3.05) is 0 Å². The lowest BCUT2D eigenvalue weighted by atomic mass is 10.3. The first-order valence-electron chi connectivity index (χ1n) is 4.05. The maximum Gasteiger partial charge on any atom is 0.0791 e. The third-order valence-corrected chi connectivity index (χ3v) is 2.40. The molecular weight excluding hydrogens is 150 g/mol. The molecule has 3 heteroatoms. The minimum atomic E-state index is 0.757. The molecule has 0 aromatic carbocycles. The van der Waals surface area contributed by atoms with Gasteiger partial charge in [0.2, 0.25) is 0 Å². The Morgan fingerprint density at radius 3 is 3.08 bits per heavy atom. The highest BCUT2D eigenvalue weighted by Crippen LogP contribution is 2.26. The highest BCUT2D eigenvalue weighted by molar-refractivity contribution is 5.84. The zero-order valence-corrected chi connectivity index (χ0v) is 6.62. The number of hydrogen-bond acceptors (Lipinski definition) is 1. The molecule has 0 saturated heterocycles. The summed E-state index contributed by atoms with van der Waals surface area (Å²) >= 11 is 0. The molecule has 0 amide bonds. The average molecular weight is 159 g/mol. The van der Waals surface area contributed by atoms with E-state index in [2.05, 4.69) is 33.8 Å². The van der Waals surface area contributed by atoms with Crippen LogP contribution >= 0.6 is 0 Å². The van der Waals surface area contributed by atoms with Crippen LogP contribution in [0, 0.1) is 5.41 Å². The number of nitrogens with zero attached hydrogens (tertiary/aromatic N) is 2. The fourth-order valence-corrected chi connectivity index (χ4v) is 1.87. The molecule has 2 heterocycles. The second-order valence-corrected chi connectivity index (χ2v) is 3.25. The molecule has 0 atom stereocenters. The number of rotatable bonds is 0. The van der Waals surface area contributed by atoms with Crippen LogP contribution in [0.15, 0.2) is 24.4 Å². The Kier molecular flexibility index (Phi) is 0.909. The first kappa shape index (κ1) is 6.06. The molecule has 0 fully saturated rings. The maximum absolute atomic E-state index is 7.54. The lowest BCUT2D eigenvalue weighted by Crippen LogP contribution is -2.00. The van der Waals surface area contributed by atoms with Gasteiger partial charge in [0.1, 0.15) is 0 Å². The van der Waals surface area contributed by atoms with Crippen molar-refractivity contribution in [1.82, 2.24) is 9.36 Å². The third-order valence-electron chi connectivity index (χ3n) is 2.40. The van der Waals surface area contributed by atoms with Gasteiger partial charge in [-0.05, 0) is 6.07 Å². The van der Waals surface area contributed by atoms with E-state index in [1.54, 1.807) is 0 Å². The lowest BCUT2D eigenvalue weighted by molar-refractivity contribution is 0.619. The number of hydrogen-bond donors (Lipinski definition) is 1. The van der Waals surface area contributed by atoms with Gasteiger partial charge in [0, 0.05) is 11.8 Å². The summed E-state index contributed by atoms with van der Waals surface area (Å²) in [5.74, 6) is 0. The van der Waals surface area contributed by atoms with Crippen molar-refractivity contribution >= 4 is 5.71 Å². The molecule has 0 saturated carbocycles. The second-order valence-electron chi connectivity index (χ2n) is 3.25. The third kappa shape index (κ3) is 0.587. The standard InChI is InChI=1S/C9H9N3/c10-8-5-11-4-7-2-1-3-9(7)12(11)6-8/h1-4,10H,5-6H2. The summed E-state index contributed by atoms with van der Waals surface area (Å²) in [4.78, 5) is 0. The van der Waals surface area contributed by atoms with Gasteiger partial charge in [-0.1, -0.05) is 12.1 Å². The largest absolute Gasteiger partial charge is 0.306 e. The van der Waals surface area contributed by atoms with Gasteiger partial charge in [-0.25, -0.2) is 0 Å². The van der Waals surface area contributed by atoms with Gasteiger partial charge in [0.05, 0.1) is 24.5 Å². The molecule has 3 rings (SSSR count). The van der Waals surface area contributed by atoms with Crippen molar-refractivity contribution in [3.8, 4) is 11.3 Å². The molecule has 0 radical (unpaired) electrons. The van der Waals surface area contributed by atoms with Crippen molar-refractivity contribution in [3.63, 3.8) is 0 Å². The zero-order valence-electron chi connectivity index (χ0n) is 6.62. The van der Waals surface area contributed by atoms with Crippen molar-refractivity contribution in [2.24, 2.45) is 0 Å². The highest BCUT2D eigenvalue weighted by atomic mass is 15.4. The SMILES string of the molecule is N=C1Cn2cc3cccc-3n2C1. The minimum absolute atomic E-state index is 0.757. The van der Waals surface area contributed by atoms with Gasteiger partial charge in [0.15, 0.2) is 0 Å². The Morgan fingerprint density at radius 2 is 2.17 bits per heavy atom. The van der Waals surface area contributed by atoms with Gasteiger partial charge in [-0.15, -0.1) is 0 Å². The smallest absolute Gasteiger partial charge is 0.0791 e. The van der Waals surface area contributed by atoms with Gasteiger partial charge >= 0.3 is 0 Å². The Hall–Kier alpha value is -1.51. The Labute approximate surface area is 70.0 Å². The monoisotopic (exact) mass is 159 g/mol. The molecule has 3 nitrogen and oxygen atoms in total. The number of fused-ring (bicyclic) bond motifs is 3. The van der Waals surface area contributed by atoms with E-state index >= 15 is 0 Å². The van der Waals surface area contributed by atoms with E-state index in [9.17, 15) is 0 Å². The van der Waals surface area contributed by atoms with Crippen molar-refractivity contribution in [2.45, 2.75) is 13.1 Å².